The van der Waals surface area contributed by atoms with Crippen LogP contribution in [0.25, 0.3) is 17.3 Å². The molecule has 0 spiro atoms. The molecule has 4 aromatic rings. The first-order valence-electron chi connectivity index (χ1n) is 10.9. The summed E-state index contributed by atoms with van der Waals surface area (Å²) >= 11 is 6.34. The fraction of sp³-hybridized carbons (Fsp3) is 0.148. The summed E-state index contributed by atoms with van der Waals surface area (Å²) in [4.78, 5) is 29.7. The third kappa shape index (κ3) is 5.07. The molecule has 1 N–H and O–H groups in total. The number of para-hydroxylation sites is 1. The zero-order valence-corrected chi connectivity index (χ0v) is 19.3. The molecule has 0 bridgehead atoms. The number of nitrogens with one attached hydrogen (secondary N) is 1. The van der Waals surface area contributed by atoms with Gasteiger partial charge in [0, 0.05) is 24.0 Å². The molecule has 2 aromatic carbocycles. The van der Waals surface area contributed by atoms with E-state index in [2.05, 4.69) is 10.1 Å². The Morgan fingerprint density at radius 1 is 1.09 bits per heavy atom. The molecule has 0 aliphatic carbocycles. The van der Waals surface area contributed by atoms with Gasteiger partial charge in [-0.15, -0.1) is 0 Å². The first-order chi connectivity index (χ1) is 16.5. The van der Waals surface area contributed by atoms with Crippen LogP contribution in [0.4, 0.5) is 4.39 Å². The lowest BCUT2D eigenvalue weighted by atomic mass is 9.96. The number of hydrogen-bond acceptors (Lipinski definition) is 3. The Kier molecular flexibility index (Phi) is 7.18. The molecule has 0 radical (unpaired) electrons. The number of aromatic amines is 1. The Bertz CT molecular complexity index is 1510. The monoisotopic (exact) mass is 475 g/mol. The minimum Gasteiger partial charge on any atom is -0.295 e. The van der Waals surface area contributed by atoms with Crippen LogP contribution in [-0.4, -0.2) is 20.5 Å². The lowest BCUT2D eigenvalue weighted by Crippen LogP contribution is -2.38. The van der Waals surface area contributed by atoms with Crippen LogP contribution in [0.15, 0.2) is 77.9 Å². The van der Waals surface area contributed by atoms with Crippen LogP contribution < -0.4 is 16.1 Å². The van der Waals surface area contributed by atoms with E-state index in [1.807, 2.05) is 12.1 Å². The molecule has 172 valence electrons. The second-order valence-corrected chi connectivity index (χ2v) is 8.32. The Balaban J connectivity index is 1.96. The molecule has 5 nitrogen and oxygen atoms in total. The summed E-state index contributed by atoms with van der Waals surface area (Å²) in [5.41, 5.74) is 2.01. The number of halogens is 2. The van der Waals surface area contributed by atoms with Crippen LogP contribution in [-0.2, 0) is 11.2 Å². The second kappa shape index (κ2) is 10.4. The molecule has 2 aromatic heterocycles. The summed E-state index contributed by atoms with van der Waals surface area (Å²) in [6, 6.07) is 17.1. The van der Waals surface area contributed by atoms with E-state index in [0.29, 0.717) is 40.0 Å². The van der Waals surface area contributed by atoms with Crippen LogP contribution in [0.5, 0.6) is 0 Å². The summed E-state index contributed by atoms with van der Waals surface area (Å²) in [5, 5.41) is 3.96. The Hall–Kier alpha value is -3.77. The summed E-state index contributed by atoms with van der Waals surface area (Å²) < 4.78 is 16.3. The highest BCUT2D eigenvalue weighted by Crippen LogP contribution is 2.21. The van der Waals surface area contributed by atoms with E-state index in [-0.39, 0.29) is 11.0 Å². The fourth-order valence-electron chi connectivity index (χ4n) is 3.98. The predicted molar refractivity (Wildman–Crippen MR) is 132 cm³/mol. The predicted octanol–water partition coefficient (Wildman–Crippen LogP) is 3.94. The summed E-state index contributed by atoms with van der Waals surface area (Å²) in [5.74, 6) is -0.668. The number of aromatic nitrogens is 3. The average Bonchev–Trinajstić information content (AvgIpc) is 3.13. The summed E-state index contributed by atoms with van der Waals surface area (Å²) in [7, 11) is 0. The number of pyridine rings is 1. The number of benzene rings is 2. The second-order valence-electron chi connectivity index (χ2n) is 7.91. The molecule has 2 heterocycles. The van der Waals surface area contributed by atoms with Crippen molar-refractivity contribution in [3.8, 4) is 5.69 Å². The van der Waals surface area contributed by atoms with Gasteiger partial charge in [0.25, 0.3) is 5.56 Å². The molecule has 7 heteroatoms. The van der Waals surface area contributed by atoms with Crippen LogP contribution >= 0.6 is 11.6 Å². The SMILES string of the molecule is CC(=O)/C=c1/[nH]n(-c2ccccc2Cl)c(=O)/c1=C(/CCCc1ccncc1)c1ccccc1F. The van der Waals surface area contributed by atoms with Crippen molar-refractivity contribution in [1.29, 1.82) is 0 Å². The lowest BCUT2D eigenvalue weighted by molar-refractivity contribution is -0.111. The van der Waals surface area contributed by atoms with E-state index >= 15 is 0 Å². The third-order valence-corrected chi connectivity index (χ3v) is 5.82. The maximum absolute atomic E-state index is 14.9. The molecule has 0 unspecified atom stereocenters. The van der Waals surface area contributed by atoms with Gasteiger partial charge in [0.15, 0.2) is 5.78 Å². The van der Waals surface area contributed by atoms with Crippen LogP contribution in [0.2, 0.25) is 5.02 Å². The van der Waals surface area contributed by atoms with Gasteiger partial charge in [-0.3, -0.25) is 19.7 Å². The van der Waals surface area contributed by atoms with Gasteiger partial charge in [-0.05, 0) is 67.7 Å². The number of Topliss-reactive ketones (excluding diaryl/α,β-unsaturated/α-hetero) is 1. The van der Waals surface area contributed by atoms with Crippen molar-refractivity contribution in [3.05, 3.63) is 116 Å². The van der Waals surface area contributed by atoms with Crippen molar-refractivity contribution in [3.63, 3.8) is 0 Å². The zero-order valence-electron chi connectivity index (χ0n) is 18.6. The average molecular weight is 476 g/mol. The van der Waals surface area contributed by atoms with Gasteiger partial charge in [0.1, 0.15) is 5.82 Å². The van der Waals surface area contributed by atoms with Gasteiger partial charge in [-0.1, -0.05) is 41.9 Å². The Morgan fingerprint density at radius 2 is 1.79 bits per heavy atom. The molecule has 0 amide bonds. The largest absolute Gasteiger partial charge is 0.295 e. The first-order valence-corrected chi connectivity index (χ1v) is 11.3. The first kappa shape index (κ1) is 23.4. The Labute approximate surface area is 200 Å². The fourth-order valence-corrected chi connectivity index (χ4v) is 4.20. The number of carbonyl (C=O) groups is 1. The zero-order chi connectivity index (χ0) is 24.1. The lowest BCUT2D eigenvalue weighted by Gasteiger charge is -2.09. The van der Waals surface area contributed by atoms with E-state index < -0.39 is 11.4 Å². The normalized spacial score (nSPS) is 12.6. The van der Waals surface area contributed by atoms with Crippen molar-refractivity contribution < 1.29 is 9.18 Å². The van der Waals surface area contributed by atoms with E-state index in [9.17, 15) is 14.0 Å². The molecule has 0 fully saturated rings. The molecule has 4 rings (SSSR count). The molecule has 0 aliphatic rings. The number of ketones is 1. The molecule has 0 saturated carbocycles. The van der Waals surface area contributed by atoms with E-state index in [1.54, 1.807) is 54.9 Å². The molecule has 0 saturated heterocycles. The number of hydrogen-bond donors (Lipinski definition) is 1. The third-order valence-electron chi connectivity index (χ3n) is 5.50. The van der Waals surface area contributed by atoms with Crippen molar-refractivity contribution in [1.82, 2.24) is 14.8 Å². The highest BCUT2D eigenvalue weighted by molar-refractivity contribution is 6.32. The van der Waals surface area contributed by atoms with Crippen molar-refractivity contribution in [2.45, 2.75) is 26.2 Å². The minimum atomic E-state index is -0.430. The van der Waals surface area contributed by atoms with Gasteiger partial charge in [-0.2, -0.15) is 0 Å². The van der Waals surface area contributed by atoms with Gasteiger partial charge < -0.3 is 0 Å². The van der Waals surface area contributed by atoms with Gasteiger partial charge in [0.05, 0.1) is 21.3 Å². The highest BCUT2D eigenvalue weighted by atomic mass is 35.5. The van der Waals surface area contributed by atoms with E-state index in [1.165, 1.54) is 23.7 Å². The van der Waals surface area contributed by atoms with Gasteiger partial charge in [0.2, 0.25) is 0 Å². The van der Waals surface area contributed by atoms with E-state index in [4.69, 9.17) is 11.6 Å². The number of carbonyl (C=O) groups excluding carboxylic acids is 1. The van der Waals surface area contributed by atoms with Crippen LogP contribution in [0, 0.1) is 5.82 Å². The van der Waals surface area contributed by atoms with Gasteiger partial charge >= 0.3 is 0 Å². The Morgan fingerprint density at radius 3 is 2.50 bits per heavy atom. The summed E-state index contributed by atoms with van der Waals surface area (Å²) in [6.45, 7) is 1.40. The number of nitrogens with zero attached hydrogens (tertiary/aromatic N) is 2. The number of H-pyrrole nitrogens is 1. The van der Waals surface area contributed by atoms with E-state index in [0.717, 1.165) is 12.0 Å². The molecular formula is C27H23ClFN3O2. The van der Waals surface area contributed by atoms with Crippen molar-refractivity contribution >= 4 is 29.0 Å². The maximum Gasteiger partial charge on any atom is 0.279 e. The van der Waals surface area contributed by atoms with Gasteiger partial charge in [-0.25, -0.2) is 9.07 Å². The van der Waals surface area contributed by atoms with Crippen LogP contribution in [0.3, 0.4) is 0 Å². The topological polar surface area (TPSA) is 67.8 Å². The van der Waals surface area contributed by atoms with Crippen LogP contribution in [0.1, 0.15) is 30.9 Å². The number of rotatable bonds is 7. The maximum atomic E-state index is 14.9. The van der Waals surface area contributed by atoms with Crippen molar-refractivity contribution in [2.24, 2.45) is 0 Å². The highest BCUT2D eigenvalue weighted by Gasteiger charge is 2.16. The standard InChI is InChI=1S/C27H23ClFN3O2/c1-18(33)17-24-26(27(34)32(31-24)25-12-5-3-10-22(25)28)21(20-8-2-4-11-23(20)29)9-6-7-19-13-15-30-16-14-19/h2-5,8,10-17,31H,6-7,9H2,1H3/b24-17+,26-21-. The summed E-state index contributed by atoms with van der Waals surface area (Å²) in [6.07, 6.45) is 6.64. The molecular weight excluding hydrogens is 453 g/mol. The minimum absolute atomic E-state index is 0.238. The molecule has 0 atom stereocenters. The van der Waals surface area contributed by atoms with Crippen molar-refractivity contribution in [2.75, 3.05) is 0 Å². The smallest absolute Gasteiger partial charge is 0.279 e. The quantitative estimate of drug-likeness (QED) is 0.440. The molecule has 0 aliphatic heterocycles. The number of aryl methyl sites for hydroxylation is 1. The molecule has 34 heavy (non-hydrogen) atoms.